The second kappa shape index (κ2) is 6.94. The molecule has 2 aliphatic heterocycles. The van der Waals surface area contributed by atoms with Gasteiger partial charge in [0.2, 0.25) is 11.8 Å². The summed E-state index contributed by atoms with van der Waals surface area (Å²) in [4.78, 5) is 46.3. The van der Waals surface area contributed by atoms with E-state index >= 15 is 0 Å². The molecular formula is C23H22N6O2. The summed E-state index contributed by atoms with van der Waals surface area (Å²) in [6, 6.07) is 5.92. The number of carbonyl (C=O) groups excluding carboxylic acids is 2. The van der Waals surface area contributed by atoms with Gasteiger partial charge >= 0.3 is 0 Å². The molecular weight excluding hydrogens is 392 g/mol. The van der Waals surface area contributed by atoms with E-state index in [2.05, 4.69) is 19.9 Å². The van der Waals surface area contributed by atoms with Gasteiger partial charge in [0, 0.05) is 30.9 Å². The molecule has 3 aromatic rings. The number of fused-ring (bicyclic) bond motifs is 1. The highest BCUT2D eigenvalue weighted by Crippen LogP contribution is 2.46. The summed E-state index contributed by atoms with van der Waals surface area (Å²) < 4.78 is 0. The van der Waals surface area contributed by atoms with E-state index in [1.54, 1.807) is 34.6 Å². The number of hydrogen-bond acceptors (Lipinski definition) is 6. The SMILES string of the molecule is Cc1ncc(-c2ccc3c(c2)N(c2cncc(N4CCCC4=O)n2)C(=O)C3(C)C)cn1. The zero-order chi connectivity index (χ0) is 21.8. The molecule has 4 heterocycles. The lowest BCUT2D eigenvalue weighted by Gasteiger charge is -2.21. The summed E-state index contributed by atoms with van der Waals surface area (Å²) in [5.74, 6) is 1.53. The molecule has 1 saturated heterocycles. The Balaban J connectivity index is 1.61. The van der Waals surface area contributed by atoms with Crippen LogP contribution in [-0.2, 0) is 15.0 Å². The Morgan fingerprint density at radius 1 is 0.968 bits per heavy atom. The monoisotopic (exact) mass is 414 g/mol. The van der Waals surface area contributed by atoms with Gasteiger partial charge in [-0.15, -0.1) is 0 Å². The van der Waals surface area contributed by atoms with Crippen molar-refractivity contribution < 1.29 is 9.59 Å². The smallest absolute Gasteiger partial charge is 0.242 e. The van der Waals surface area contributed by atoms with Gasteiger partial charge in [-0.1, -0.05) is 12.1 Å². The Kier molecular flexibility index (Phi) is 4.32. The second-order valence-electron chi connectivity index (χ2n) is 8.40. The van der Waals surface area contributed by atoms with Crippen LogP contribution in [0.4, 0.5) is 17.3 Å². The summed E-state index contributed by atoms with van der Waals surface area (Å²) >= 11 is 0. The molecule has 1 fully saturated rings. The highest BCUT2D eigenvalue weighted by molar-refractivity contribution is 6.12. The van der Waals surface area contributed by atoms with Gasteiger partial charge in [-0.2, -0.15) is 0 Å². The number of aromatic nitrogens is 4. The Bertz CT molecular complexity index is 1200. The van der Waals surface area contributed by atoms with Gasteiger partial charge in [0.05, 0.1) is 23.5 Å². The summed E-state index contributed by atoms with van der Waals surface area (Å²) in [6.07, 6.45) is 7.98. The third-order valence-corrected chi connectivity index (χ3v) is 5.95. The molecule has 5 rings (SSSR count). The fourth-order valence-electron chi connectivity index (χ4n) is 4.17. The van der Waals surface area contributed by atoms with E-state index in [4.69, 9.17) is 0 Å². The van der Waals surface area contributed by atoms with Crippen LogP contribution in [0.5, 0.6) is 0 Å². The molecule has 0 aliphatic carbocycles. The van der Waals surface area contributed by atoms with Gasteiger partial charge in [0.15, 0.2) is 11.6 Å². The highest BCUT2D eigenvalue weighted by atomic mass is 16.2. The lowest BCUT2D eigenvalue weighted by atomic mass is 9.85. The Labute approximate surface area is 180 Å². The first-order valence-corrected chi connectivity index (χ1v) is 10.3. The summed E-state index contributed by atoms with van der Waals surface area (Å²) in [5.41, 5.74) is 2.74. The van der Waals surface area contributed by atoms with Crippen LogP contribution in [0.3, 0.4) is 0 Å². The van der Waals surface area contributed by atoms with E-state index in [1.807, 2.05) is 39.0 Å². The molecule has 8 nitrogen and oxygen atoms in total. The van der Waals surface area contributed by atoms with Crippen molar-refractivity contribution in [2.45, 2.75) is 39.0 Å². The van der Waals surface area contributed by atoms with E-state index in [9.17, 15) is 9.59 Å². The van der Waals surface area contributed by atoms with Crippen molar-refractivity contribution in [3.8, 4) is 11.1 Å². The topological polar surface area (TPSA) is 92.2 Å². The minimum atomic E-state index is -0.710. The van der Waals surface area contributed by atoms with Gasteiger partial charge < -0.3 is 0 Å². The van der Waals surface area contributed by atoms with Crippen LogP contribution >= 0.6 is 0 Å². The molecule has 156 valence electrons. The van der Waals surface area contributed by atoms with Gasteiger partial charge in [-0.05, 0) is 44.4 Å². The Morgan fingerprint density at radius 2 is 1.71 bits per heavy atom. The van der Waals surface area contributed by atoms with Crippen molar-refractivity contribution in [2.75, 3.05) is 16.3 Å². The number of anilines is 3. The molecule has 31 heavy (non-hydrogen) atoms. The highest BCUT2D eigenvalue weighted by Gasteiger charge is 2.45. The third-order valence-electron chi connectivity index (χ3n) is 5.95. The molecule has 0 spiro atoms. The zero-order valence-corrected chi connectivity index (χ0v) is 17.7. The number of amides is 2. The Morgan fingerprint density at radius 3 is 2.42 bits per heavy atom. The Hall–Kier alpha value is -3.68. The van der Waals surface area contributed by atoms with Gasteiger partial charge in [-0.3, -0.25) is 24.4 Å². The molecule has 0 radical (unpaired) electrons. The molecule has 0 unspecified atom stereocenters. The lowest BCUT2D eigenvalue weighted by Crippen LogP contribution is -2.34. The van der Waals surface area contributed by atoms with Crippen molar-refractivity contribution >= 4 is 29.1 Å². The first kappa shape index (κ1) is 19.3. The number of rotatable bonds is 3. The molecule has 8 heteroatoms. The van der Waals surface area contributed by atoms with Crippen molar-refractivity contribution in [3.63, 3.8) is 0 Å². The lowest BCUT2D eigenvalue weighted by molar-refractivity contribution is -0.121. The standard InChI is InChI=1S/C23H22N6O2/c1-14-25-10-16(11-26-14)15-6-7-17-18(9-15)29(22(31)23(17,2)3)20-13-24-12-19(27-20)28-8-4-5-21(28)30/h6-7,9-13H,4-5,8H2,1-3H3. The summed E-state index contributed by atoms with van der Waals surface area (Å²) in [7, 11) is 0. The molecule has 0 N–H and O–H groups in total. The molecule has 2 aromatic heterocycles. The molecule has 2 amide bonds. The average molecular weight is 414 g/mol. The number of benzene rings is 1. The first-order chi connectivity index (χ1) is 14.9. The van der Waals surface area contributed by atoms with Crippen molar-refractivity contribution in [2.24, 2.45) is 0 Å². The summed E-state index contributed by atoms with van der Waals surface area (Å²) in [5, 5.41) is 0. The van der Waals surface area contributed by atoms with Crippen molar-refractivity contribution in [1.29, 1.82) is 0 Å². The van der Waals surface area contributed by atoms with Crippen LogP contribution in [0.25, 0.3) is 11.1 Å². The van der Waals surface area contributed by atoms with E-state index in [0.717, 1.165) is 28.8 Å². The maximum absolute atomic E-state index is 13.4. The first-order valence-electron chi connectivity index (χ1n) is 10.3. The average Bonchev–Trinajstić information content (AvgIpc) is 3.27. The maximum Gasteiger partial charge on any atom is 0.242 e. The van der Waals surface area contributed by atoms with Gasteiger partial charge in [-0.25, -0.2) is 15.0 Å². The van der Waals surface area contributed by atoms with Crippen LogP contribution in [0.2, 0.25) is 0 Å². The largest absolute Gasteiger partial charge is 0.295 e. The van der Waals surface area contributed by atoms with E-state index in [0.29, 0.717) is 30.4 Å². The fraction of sp³-hybridized carbons (Fsp3) is 0.304. The molecule has 0 atom stereocenters. The van der Waals surface area contributed by atoms with Crippen LogP contribution in [0.15, 0.2) is 43.0 Å². The van der Waals surface area contributed by atoms with Crippen LogP contribution < -0.4 is 9.80 Å². The quantitative estimate of drug-likeness (QED) is 0.653. The van der Waals surface area contributed by atoms with Crippen molar-refractivity contribution in [3.05, 3.63) is 54.4 Å². The predicted molar refractivity (Wildman–Crippen MR) is 116 cm³/mol. The third kappa shape index (κ3) is 3.06. The number of aryl methyl sites for hydroxylation is 1. The van der Waals surface area contributed by atoms with E-state index in [1.165, 1.54) is 0 Å². The predicted octanol–water partition coefficient (Wildman–Crippen LogP) is 3.32. The normalized spacial score (nSPS) is 17.4. The second-order valence-corrected chi connectivity index (χ2v) is 8.40. The van der Waals surface area contributed by atoms with Crippen LogP contribution in [0, 0.1) is 6.92 Å². The van der Waals surface area contributed by atoms with Crippen molar-refractivity contribution in [1.82, 2.24) is 19.9 Å². The fourth-order valence-corrected chi connectivity index (χ4v) is 4.17. The number of hydrogen-bond donors (Lipinski definition) is 0. The van der Waals surface area contributed by atoms with Crippen LogP contribution in [-0.4, -0.2) is 38.3 Å². The summed E-state index contributed by atoms with van der Waals surface area (Å²) in [6.45, 7) is 6.27. The number of carbonyl (C=O) groups is 2. The number of nitrogens with zero attached hydrogens (tertiary/aromatic N) is 6. The minimum absolute atomic E-state index is 0.0292. The molecule has 0 saturated carbocycles. The zero-order valence-electron chi connectivity index (χ0n) is 17.7. The maximum atomic E-state index is 13.4. The van der Waals surface area contributed by atoms with E-state index in [-0.39, 0.29) is 11.8 Å². The van der Waals surface area contributed by atoms with Crippen LogP contribution in [0.1, 0.15) is 38.1 Å². The molecule has 2 aliphatic rings. The van der Waals surface area contributed by atoms with E-state index < -0.39 is 5.41 Å². The van der Waals surface area contributed by atoms with Gasteiger partial charge in [0.25, 0.3) is 0 Å². The minimum Gasteiger partial charge on any atom is -0.295 e. The molecule has 0 bridgehead atoms. The molecule has 1 aromatic carbocycles. The van der Waals surface area contributed by atoms with Gasteiger partial charge in [0.1, 0.15) is 5.82 Å².